The van der Waals surface area contributed by atoms with Crippen molar-refractivity contribution in [3.63, 3.8) is 0 Å². The van der Waals surface area contributed by atoms with Crippen LogP contribution in [0.3, 0.4) is 0 Å². The number of non-ortho nitro benzene ring substituents is 1. The lowest BCUT2D eigenvalue weighted by atomic mass is 9.88. The molecule has 0 aliphatic carbocycles. The summed E-state index contributed by atoms with van der Waals surface area (Å²) in [6.07, 6.45) is -1.47. The molecule has 0 heterocycles. The fraction of sp³-hybridized carbons (Fsp3) is 0.526. The van der Waals surface area contributed by atoms with Crippen LogP contribution >= 0.6 is 0 Å². The van der Waals surface area contributed by atoms with Gasteiger partial charge in [-0.2, -0.15) is 0 Å². The third-order valence-corrected chi connectivity index (χ3v) is 4.30. The molecule has 160 valence electrons. The van der Waals surface area contributed by atoms with Crippen LogP contribution in [0, 0.1) is 16.0 Å². The van der Waals surface area contributed by atoms with Gasteiger partial charge in [0, 0.05) is 18.1 Å². The number of nitrogens with one attached hydrogen (secondary N) is 1. The van der Waals surface area contributed by atoms with Crippen molar-refractivity contribution in [2.75, 3.05) is 14.2 Å². The number of aliphatic hydroxyl groups is 1. The van der Waals surface area contributed by atoms with Gasteiger partial charge in [-0.15, -0.1) is 0 Å². The van der Waals surface area contributed by atoms with Crippen molar-refractivity contribution in [1.29, 1.82) is 0 Å². The molecule has 29 heavy (non-hydrogen) atoms. The van der Waals surface area contributed by atoms with Gasteiger partial charge < -0.3 is 19.9 Å². The summed E-state index contributed by atoms with van der Waals surface area (Å²) in [6.45, 7) is 3.65. The van der Waals surface area contributed by atoms with E-state index in [1.54, 1.807) is 0 Å². The molecule has 0 radical (unpaired) electrons. The molecule has 1 aromatic rings. The van der Waals surface area contributed by atoms with Crippen molar-refractivity contribution < 1.29 is 33.9 Å². The summed E-state index contributed by atoms with van der Waals surface area (Å²) in [5.41, 5.74) is 0.214. The van der Waals surface area contributed by atoms with Gasteiger partial charge in [0.05, 0.1) is 25.6 Å². The Balaban J connectivity index is 3.25. The molecule has 0 bridgehead atoms. The zero-order valence-electron chi connectivity index (χ0n) is 16.8. The van der Waals surface area contributed by atoms with E-state index in [0.717, 1.165) is 7.11 Å². The third-order valence-electron chi connectivity index (χ3n) is 4.30. The van der Waals surface area contributed by atoms with Gasteiger partial charge in [0.25, 0.3) is 5.69 Å². The monoisotopic (exact) mass is 410 g/mol. The van der Waals surface area contributed by atoms with Crippen molar-refractivity contribution in [1.82, 2.24) is 5.32 Å². The Bertz CT molecular complexity index is 732. The van der Waals surface area contributed by atoms with Crippen molar-refractivity contribution >= 4 is 23.5 Å². The van der Waals surface area contributed by atoms with Gasteiger partial charge in [-0.1, -0.05) is 26.0 Å². The van der Waals surface area contributed by atoms with E-state index < -0.39 is 40.8 Å². The lowest BCUT2D eigenvalue weighted by Crippen LogP contribution is -2.49. The summed E-state index contributed by atoms with van der Waals surface area (Å²) in [4.78, 5) is 46.9. The minimum absolute atomic E-state index is 0.0351. The molecule has 0 aliphatic rings. The minimum atomic E-state index is -1.35. The number of carbonyl (C=O) groups excluding carboxylic acids is 3. The molecule has 0 aromatic heterocycles. The molecule has 10 heteroatoms. The molecule has 1 amide bonds. The van der Waals surface area contributed by atoms with Gasteiger partial charge in [0.2, 0.25) is 5.91 Å². The third kappa shape index (κ3) is 7.15. The van der Waals surface area contributed by atoms with Crippen molar-refractivity contribution in [3.8, 4) is 0 Å². The first kappa shape index (κ1) is 24.0. The molecule has 0 saturated heterocycles. The number of nitrogens with zero attached hydrogens (tertiary/aromatic N) is 1. The number of nitro benzene ring substituents is 1. The first-order chi connectivity index (χ1) is 13.6. The van der Waals surface area contributed by atoms with E-state index in [4.69, 9.17) is 4.74 Å². The van der Waals surface area contributed by atoms with Gasteiger partial charge in [0.15, 0.2) is 0 Å². The highest BCUT2D eigenvalue weighted by Crippen LogP contribution is 2.27. The maximum Gasteiger partial charge on any atom is 0.329 e. The second-order valence-electron chi connectivity index (χ2n) is 6.89. The molecular formula is C19H26N2O8. The first-order valence-electron chi connectivity index (χ1n) is 8.98. The minimum Gasteiger partial charge on any atom is -0.469 e. The summed E-state index contributed by atoms with van der Waals surface area (Å²) in [6, 6.07) is 3.92. The summed E-state index contributed by atoms with van der Waals surface area (Å²) in [7, 11) is 2.30. The normalized spacial score (nSPS) is 13.9. The van der Waals surface area contributed by atoms with Crippen LogP contribution in [-0.4, -0.2) is 54.2 Å². The predicted molar refractivity (Wildman–Crippen MR) is 102 cm³/mol. The molecule has 0 spiro atoms. The topological polar surface area (TPSA) is 145 Å². The van der Waals surface area contributed by atoms with Crippen LogP contribution in [0.25, 0.3) is 0 Å². The molecule has 10 nitrogen and oxygen atoms in total. The number of nitro groups is 1. The van der Waals surface area contributed by atoms with Gasteiger partial charge in [-0.05, 0) is 17.9 Å². The van der Waals surface area contributed by atoms with E-state index in [0.29, 0.717) is 5.56 Å². The largest absolute Gasteiger partial charge is 0.469 e. The summed E-state index contributed by atoms with van der Waals surface area (Å²) in [5.74, 6) is -3.16. The quantitative estimate of drug-likeness (QED) is 0.334. The Morgan fingerprint density at radius 3 is 2.17 bits per heavy atom. The van der Waals surface area contributed by atoms with Crippen LogP contribution < -0.4 is 5.32 Å². The van der Waals surface area contributed by atoms with E-state index >= 15 is 0 Å². The molecule has 0 aliphatic heterocycles. The highest BCUT2D eigenvalue weighted by molar-refractivity contribution is 5.88. The average Bonchev–Trinajstić information content (AvgIpc) is 2.69. The van der Waals surface area contributed by atoms with Crippen LogP contribution in [0.5, 0.6) is 0 Å². The molecule has 0 saturated carbocycles. The van der Waals surface area contributed by atoms with Crippen molar-refractivity contribution in [2.24, 2.45) is 5.92 Å². The Morgan fingerprint density at radius 1 is 1.14 bits per heavy atom. The number of hydrogen-bond acceptors (Lipinski definition) is 8. The number of benzene rings is 1. The molecule has 0 unspecified atom stereocenters. The van der Waals surface area contributed by atoms with Crippen molar-refractivity contribution in [2.45, 2.75) is 44.8 Å². The van der Waals surface area contributed by atoms with E-state index in [1.165, 1.54) is 31.4 Å². The van der Waals surface area contributed by atoms with Crippen LogP contribution in [0.4, 0.5) is 5.69 Å². The average molecular weight is 410 g/mol. The van der Waals surface area contributed by atoms with E-state index in [2.05, 4.69) is 10.1 Å². The van der Waals surface area contributed by atoms with E-state index in [9.17, 15) is 29.6 Å². The first-order valence-corrected chi connectivity index (χ1v) is 8.98. The van der Waals surface area contributed by atoms with Crippen LogP contribution in [0.2, 0.25) is 0 Å². The number of hydrogen-bond donors (Lipinski definition) is 2. The molecule has 0 fully saturated rings. The number of aliphatic hydroxyl groups excluding tert-OH is 1. The smallest absolute Gasteiger partial charge is 0.329 e. The molecule has 1 rings (SSSR count). The molecule has 2 N–H and O–H groups in total. The maximum absolute atomic E-state index is 12.4. The lowest BCUT2D eigenvalue weighted by molar-refractivity contribution is -0.384. The highest BCUT2D eigenvalue weighted by Gasteiger charge is 2.35. The molecule has 3 atom stereocenters. The number of amides is 1. The lowest BCUT2D eigenvalue weighted by Gasteiger charge is -2.27. The maximum atomic E-state index is 12.4. The van der Waals surface area contributed by atoms with Gasteiger partial charge in [-0.3, -0.25) is 19.7 Å². The van der Waals surface area contributed by atoms with Crippen LogP contribution in [-0.2, 0) is 23.9 Å². The Morgan fingerprint density at radius 2 is 1.72 bits per heavy atom. The highest BCUT2D eigenvalue weighted by atomic mass is 16.6. The zero-order chi connectivity index (χ0) is 22.1. The number of rotatable bonds is 10. The Hall–Kier alpha value is -3.01. The summed E-state index contributed by atoms with van der Waals surface area (Å²) >= 11 is 0. The zero-order valence-corrected chi connectivity index (χ0v) is 16.8. The van der Waals surface area contributed by atoms with E-state index in [-0.39, 0.29) is 24.4 Å². The Kier molecular flexibility index (Phi) is 9.20. The van der Waals surface area contributed by atoms with Crippen molar-refractivity contribution in [3.05, 3.63) is 39.9 Å². The molecular weight excluding hydrogens is 384 g/mol. The second kappa shape index (κ2) is 11.1. The number of carbonyl (C=O) groups is 3. The standard InChI is InChI=1S/C19H26N2O8/c1-11(2)9-15(22)18(24)20-17(19(25)29-4)14(10-16(23)28-3)12-5-7-13(8-6-12)21(26)27/h5-8,11,14-15,17,22H,9-10H2,1-4H3,(H,20,24)/t14-,15+,17+/m1/s1. The number of esters is 2. The van der Waals surface area contributed by atoms with Crippen LogP contribution in [0.1, 0.15) is 38.2 Å². The van der Waals surface area contributed by atoms with Gasteiger partial charge in [-0.25, -0.2) is 4.79 Å². The molecule has 1 aromatic carbocycles. The predicted octanol–water partition coefficient (Wildman–Crippen LogP) is 1.31. The number of methoxy groups -OCH3 is 2. The van der Waals surface area contributed by atoms with Gasteiger partial charge in [0.1, 0.15) is 12.1 Å². The number of ether oxygens (including phenoxy) is 2. The summed E-state index contributed by atoms with van der Waals surface area (Å²) < 4.78 is 9.43. The SMILES string of the molecule is COC(=O)C[C@H](c1ccc([N+](=O)[O-])cc1)[C@H](NC(=O)[C@@H](O)CC(C)C)C(=O)OC. The van der Waals surface area contributed by atoms with Gasteiger partial charge >= 0.3 is 11.9 Å². The summed E-state index contributed by atoms with van der Waals surface area (Å²) in [5, 5.41) is 23.3. The fourth-order valence-corrected chi connectivity index (χ4v) is 2.79. The fourth-order valence-electron chi connectivity index (χ4n) is 2.79. The Labute approximate surface area is 168 Å². The van der Waals surface area contributed by atoms with Crippen LogP contribution in [0.15, 0.2) is 24.3 Å². The van der Waals surface area contributed by atoms with E-state index in [1.807, 2.05) is 13.8 Å². The second-order valence-corrected chi connectivity index (χ2v) is 6.89.